The Morgan fingerprint density at radius 3 is 2.68 bits per heavy atom. The molecule has 0 bridgehead atoms. The zero-order valence-electron chi connectivity index (χ0n) is 13.5. The topological polar surface area (TPSA) is 48.3 Å². The van der Waals surface area contributed by atoms with Crippen LogP contribution in [0.15, 0.2) is 39.7 Å². The number of rotatable bonds is 3. The number of carbonyl (C=O) groups excluding carboxylic acids is 1. The summed E-state index contributed by atoms with van der Waals surface area (Å²) in [7, 11) is 0. The highest BCUT2D eigenvalue weighted by Gasteiger charge is 2.27. The fourth-order valence-electron chi connectivity index (χ4n) is 3.10. The van der Waals surface area contributed by atoms with Crippen molar-refractivity contribution in [1.82, 2.24) is 4.57 Å². The van der Waals surface area contributed by atoms with Gasteiger partial charge in [0.25, 0.3) is 0 Å². The van der Waals surface area contributed by atoms with Gasteiger partial charge in [-0.15, -0.1) is 0 Å². The van der Waals surface area contributed by atoms with Crippen molar-refractivity contribution in [2.24, 2.45) is 0 Å². The fraction of sp³-hybridized carbons (Fsp3) is 0.263. The average Bonchev–Trinajstić information content (AvgIpc) is 3.40. The number of nitrogens with zero attached hydrogens (tertiary/aromatic N) is 1. The molecule has 0 saturated heterocycles. The third-order valence-corrected chi connectivity index (χ3v) is 5.07. The number of hydrogen-bond donors (Lipinski definition) is 0. The number of fused-ring (bicyclic) bond motifs is 2. The van der Waals surface area contributed by atoms with E-state index in [0.29, 0.717) is 15.2 Å². The monoisotopic (exact) mass is 403 g/mol. The highest BCUT2D eigenvalue weighted by molar-refractivity contribution is 9.10. The second-order valence-corrected chi connectivity index (χ2v) is 7.07. The van der Waals surface area contributed by atoms with Crippen LogP contribution < -0.4 is 5.43 Å². The van der Waals surface area contributed by atoms with Crippen LogP contribution >= 0.6 is 15.9 Å². The predicted octanol–water partition coefficient (Wildman–Crippen LogP) is 4.57. The van der Waals surface area contributed by atoms with Gasteiger partial charge in [0.15, 0.2) is 0 Å². The lowest BCUT2D eigenvalue weighted by Gasteiger charge is -2.13. The van der Waals surface area contributed by atoms with Crippen molar-refractivity contribution in [3.05, 3.63) is 56.5 Å². The van der Waals surface area contributed by atoms with Gasteiger partial charge < -0.3 is 9.30 Å². The van der Waals surface area contributed by atoms with Gasteiger partial charge in [0, 0.05) is 17.6 Å². The summed E-state index contributed by atoms with van der Waals surface area (Å²) in [5.74, 6) is -1.01. The van der Waals surface area contributed by atoms with Crippen LogP contribution in [0.3, 0.4) is 0 Å². The molecule has 1 fully saturated rings. The normalized spacial score (nSPS) is 14.2. The molecule has 2 aromatic carbocycles. The molecule has 0 N–H and O–H groups in total. The lowest BCUT2D eigenvalue weighted by molar-refractivity contribution is 0.0524. The summed E-state index contributed by atoms with van der Waals surface area (Å²) in [6.45, 7) is 1.91. The summed E-state index contributed by atoms with van der Waals surface area (Å²) in [5, 5.41) is 1.86. The summed E-state index contributed by atoms with van der Waals surface area (Å²) in [6.07, 6.45) is 3.61. The molecule has 0 spiro atoms. The first-order chi connectivity index (χ1) is 12.0. The second-order valence-electron chi connectivity index (χ2n) is 6.21. The molecule has 1 aromatic heterocycles. The van der Waals surface area contributed by atoms with Crippen molar-refractivity contribution in [1.29, 1.82) is 0 Å². The molecule has 0 unspecified atom stereocenters. The van der Waals surface area contributed by atoms with Crippen LogP contribution in [0.2, 0.25) is 0 Å². The quantitative estimate of drug-likeness (QED) is 0.475. The fourth-order valence-corrected chi connectivity index (χ4v) is 3.46. The van der Waals surface area contributed by atoms with Gasteiger partial charge in [-0.2, -0.15) is 0 Å². The Morgan fingerprint density at radius 2 is 2.00 bits per heavy atom. The van der Waals surface area contributed by atoms with Crippen molar-refractivity contribution < 1.29 is 13.9 Å². The summed E-state index contributed by atoms with van der Waals surface area (Å²) in [4.78, 5) is 25.0. The molecule has 6 heteroatoms. The number of ether oxygens (including phenoxy) is 1. The number of benzene rings is 2. The van der Waals surface area contributed by atoms with E-state index in [9.17, 15) is 14.0 Å². The van der Waals surface area contributed by atoms with Crippen LogP contribution in [0.5, 0.6) is 0 Å². The van der Waals surface area contributed by atoms with Crippen LogP contribution in [0.1, 0.15) is 36.2 Å². The number of aromatic nitrogens is 1. The second kappa shape index (κ2) is 5.95. The van der Waals surface area contributed by atoms with Gasteiger partial charge in [0.05, 0.1) is 16.6 Å². The largest absolute Gasteiger partial charge is 0.462 e. The van der Waals surface area contributed by atoms with Crippen molar-refractivity contribution in [2.75, 3.05) is 6.61 Å². The van der Waals surface area contributed by atoms with E-state index >= 15 is 0 Å². The number of carbonyl (C=O) groups is 1. The highest BCUT2D eigenvalue weighted by Crippen LogP contribution is 2.38. The van der Waals surface area contributed by atoms with E-state index in [1.165, 1.54) is 6.07 Å². The molecule has 0 radical (unpaired) electrons. The molecule has 3 aromatic rings. The van der Waals surface area contributed by atoms with E-state index < -0.39 is 11.8 Å². The van der Waals surface area contributed by atoms with Gasteiger partial charge in [0.1, 0.15) is 11.4 Å². The van der Waals surface area contributed by atoms with Gasteiger partial charge >= 0.3 is 5.97 Å². The Bertz CT molecular complexity index is 1090. The molecule has 25 heavy (non-hydrogen) atoms. The molecule has 1 saturated carbocycles. The first-order valence-corrected chi connectivity index (χ1v) is 8.93. The first-order valence-electron chi connectivity index (χ1n) is 8.14. The van der Waals surface area contributed by atoms with E-state index in [4.69, 9.17) is 4.74 Å². The third kappa shape index (κ3) is 2.74. The van der Waals surface area contributed by atoms with Crippen LogP contribution in [0.4, 0.5) is 4.39 Å². The summed E-state index contributed by atoms with van der Waals surface area (Å²) in [6, 6.07) is 6.90. The maximum Gasteiger partial charge on any atom is 0.343 e. The third-order valence-electron chi connectivity index (χ3n) is 4.47. The molecule has 1 heterocycles. The first kappa shape index (κ1) is 16.3. The summed E-state index contributed by atoms with van der Waals surface area (Å²) in [5.41, 5.74) is 0.403. The lowest BCUT2D eigenvalue weighted by atomic mass is 10.0. The van der Waals surface area contributed by atoms with Crippen molar-refractivity contribution in [3.63, 3.8) is 0 Å². The van der Waals surface area contributed by atoms with Crippen LogP contribution in [0.25, 0.3) is 21.7 Å². The summed E-state index contributed by atoms with van der Waals surface area (Å²) < 4.78 is 21.2. The maximum atomic E-state index is 13.9. The van der Waals surface area contributed by atoms with Gasteiger partial charge in [0.2, 0.25) is 5.43 Å². The molecule has 4 rings (SSSR count). The molecule has 4 nitrogen and oxygen atoms in total. The van der Waals surface area contributed by atoms with Gasteiger partial charge in [-0.1, -0.05) is 0 Å². The van der Waals surface area contributed by atoms with Crippen LogP contribution in [-0.4, -0.2) is 17.1 Å². The van der Waals surface area contributed by atoms with Gasteiger partial charge in [-0.3, -0.25) is 4.79 Å². The number of halogens is 2. The van der Waals surface area contributed by atoms with Crippen molar-refractivity contribution in [2.45, 2.75) is 25.8 Å². The number of esters is 1. The van der Waals surface area contributed by atoms with Gasteiger partial charge in [-0.25, -0.2) is 9.18 Å². The Hall–Kier alpha value is -2.21. The minimum atomic E-state index is -0.620. The van der Waals surface area contributed by atoms with Crippen molar-refractivity contribution in [3.8, 4) is 0 Å². The Morgan fingerprint density at radius 1 is 1.28 bits per heavy atom. The zero-order valence-corrected chi connectivity index (χ0v) is 15.1. The summed E-state index contributed by atoms with van der Waals surface area (Å²) >= 11 is 3.20. The SMILES string of the molecule is CCOC(=O)c1cn(C2CC2)c2cc3cc(Br)c(F)cc3cc2c1=O. The molecule has 0 amide bonds. The minimum absolute atomic E-state index is 0.0261. The number of hydrogen-bond acceptors (Lipinski definition) is 3. The standard InChI is InChI=1S/C19H15BrFNO3/c1-2-25-19(24)14-9-22(12-3-4-12)17-8-11-6-15(20)16(21)7-10(11)5-13(17)18(14)23/h5-9,12H,2-4H2,1H3. The Kier molecular flexibility index (Phi) is 3.87. The average molecular weight is 404 g/mol. The molecule has 1 aliphatic rings. The Balaban J connectivity index is 2.07. The van der Waals surface area contributed by atoms with Crippen LogP contribution in [0, 0.1) is 5.82 Å². The molecular weight excluding hydrogens is 389 g/mol. The molecule has 1 aliphatic carbocycles. The highest BCUT2D eigenvalue weighted by atomic mass is 79.9. The van der Waals surface area contributed by atoms with E-state index in [0.717, 1.165) is 23.7 Å². The van der Waals surface area contributed by atoms with Gasteiger partial charge in [-0.05, 0) is 70.7 Å². The van der Waals surface area contributed by atoms with E-state index in [-0.39, 0.29) is 23.6 Å². The smallest absolute Gasteiger partial charge is 0.343 e. The molecule has 0 atom stereocenters. The predicted molar refractivity (Wildman–Crippen MR) is 97.6 cm³/mol. The van der Waals surface area contributed by atoms with Crippen LogP contribution in [-0.2, 0) is 4.74 Å². The van der Waals surface area contributed by atoms with E-state index in [1.807, 2.05) is 10.6 Å². The molecule has 0 aliphatic heterocycles. The molecular formula is C19H15BrFNO3. The Labute approximate surface area is 151 Å². The van der Waals surface area contributed by atoms with Crippen molar-refractivity contribution >= 4 is 43.6 Å². The zero-order chi connectivity index (χ0) is 17.7. The van der Waals surface area contributed by atoms with E-state index in [2.05, 4.69) is 15.9 Å². The maximum absolute atomic E-state index is 13.9. The number of pyridine rings is 1. The lowest BCUT2D eigenvalue weighted by Crippen LogP contribution is -2.20. The van der Waals surface area contributed by atoms with E-state index in [1.54, 1.807) is 25.3 Å². The minimum Gasteiger partial charge on any atom is -0.462 e. The molecule has 128 valence electrons.